The number of imidazole rings is 1. The average Bonchev–Trinajstić information content (AvgIpc) is 2.98. The lowest BCUT2D eigenvalue weighted by Crippen LogP contribution is -1.96. The summed E-state index contributed by atoms with van der Waals surface area (Å²) in [7, 11) is 3.29. The second kappa shape index (κ2) is 4.02. The highest BCUT2D eigenvalue weighted by molar-refractivity contribution is 7.71. The molecule has 2 atom stereocenters. The molecule has 1 N–H and O–H groups in total. The first-order valence-corrected chi connectivity index (χ1v) is 6.42. The normalized spacial score (nSPS) is 22.2. The summed E-state index contributed by atoms with van der Waals surface area (Å²) in [5.41, 5.74) is 2.09. The third-order valence-electron chi connectivity index (χ3n) is 3.62. The molecule has 1 fully saturated rings. The number of rotatable bonds is 3. The number of nitrogens with one attached hydrogen (secondary N) is 1. The second-order valence-electron chi connectivity index (χ2n) is 4.80. The highest BCUT2D eigenvalue weighted by atomic mass is 32.1. The predicted octanol–water partition coefficient (Wildman–Crippen LogP) is 3.30. The minimum atomic E-state index is 0.518. The quantitative estimate of drug-likeness (QED) is 0.865. The summed E-state index contributed by atoms with van der Waals surface area (Å²) in [6.07, 6.45) is 1.19. The molecule has 1 aromatic heterocycles. The van der Waals surface area contributed by atoms with Crippen LogP contribution in [0.4, 0.5) is 0 Å². The van der Waals surface area contributed by atoms with Crippen molar-refractivity contribution in [2.75, 3.05) is 14.2 Å². The molecule has 2 aromatic rings. The summed E-state index contributed by atoms with van der Waals surface area (Å²) < 4.78 is 13.6. The molecule has 1 aromatic carbocycles. The lowest BCUT2D eigenvalue weighted by Gasteiger charge is -2.08. The van der Waals surface area contributed by atoms with Gasteiger partial charge in [0.2, 0.25) is 0 Å². The number of nitrogens with zero attached hydrogens (tertiary/aromatic N) is 1. The molecule has 0 bridgehead atoms. The molecule has 0 radical (unpaired) electrons. The van der Waals surface area contributed by atoms with Crippen molar-refractivity contribution in [3.63, 3.8) is 0 Å². The van der Waals surface area contributed by atoms with Crippen molar-refractivity contribution in [3.05, 3.63) is 16.9 Å². The fourth-order valence-electron chi connectivity index (χ4n) is 2.44. The number of ether oxygens (including phenoxy) is 2. The molecule has 1 heterocycles. The van der Waals surface area contributed by atoms with Crippen LogP contribution in [0.1, 0.15) is 19.4 Å². The molecule has 1 aliphatic carbocycles. The van der Waals surface area contributed by atoms with Crippen LogP contribution in [0.2, 0.25) is 0 Å². The summed E-state index contributed by atoms with van der Waals surface area (Å²) in [6, 6.07) is 4.45. The summed E-state index contributed by atoms with van der Waals surface area (Å²) in [4.78, 5) is 3.24. The van der Waals surface area contributed by atoms with E-state index in [1.54, 1.807) is 14.2 Å². The van der Waals surface area contributed by atoms with Crippen molar-refractivity contribution >= 4 is 23.3 Å². The van der Waals surface area contributed by atoms with Crippen LogP contribution in [0.25, 0.3) is 11.0 Å². The maximum absolute atomic E-state index is 5.41. The highest BCUT2D eigenvalue weighted by Crippen LogP contribution is 2.45. The second-order valence-corrected chi connectivity index (χ2v) is 5.19. The molecule has 96 valence electrons. The Labute approximate surface area is 111 Å². The van der Waals surface area contributed by atoms with Crippen molar-refractivity contribution in [1.82, 2.24) is 9.55 Å². The molecule has 5 heteroatoms. The van der Waals surface area contributed by atoms with Crippen LogP contribution < -0.4 is 9.47 Å². The van der Waals surface area contributed by atoms with Gasteiger partial charge in [0.15, 0.2) is 16.3 Å². The first-order valence-electron chi connectivity index (χ1n) is 6.02. The summed E-state index contributed by atoms with van der Waals surface area (Å²) in [5, 5.41) is 0. The third-order valence-corrected chi connectivity index (χ3v) is 3.92. The number of hydrogen-bond acceptors (Lipinski definition) is 3. The van der Waals surface area contributed by atoms with Gasteiger partial charge >= 0.3 is 0 Å². The zero-order valence-corrected chi connectivity index (χ0v) is 11.5. The molecule has 1 saturated carbocycles. The molecule has 0 amide bonds. The zero-order valence-electron chi connectivity index (χ0n) is 10.7. The van der Waals surface area contributed by atoms with Crippen molar-refractivity contribution < 1.29 is 9.47 Å². The molecule has 2 unspecified atom stereocenters. The first-order chi connectivity index (χ1) is 8.65. The van der Waals surface area contributed by atoms with E-state index in [1.807, 2.05) is 12.1 Å². The molecule has 3 rings (SSSR count). The molecule has 0 saturated heterocycles. The summed E-state index contributed by atoms with van der Waals surface area (Å²) in [6.45, 7) is 2.24. The zero-order chi connectivity index (χ0) is 12.9. The maximum atomic E-state index is 5.41. The average molecular weight is 264 g/mol. The minimum Gasteiger partial charge on any atom is -0.493 e. The largest absolute Gasteiger partial charge is 0.493 e. The van der Waals surface area contributed by atoms with E-state index in [-0.39, 0.29) is 0 Å². The Balaban J connectivity index is 2.25. The number of methoxy groups -OCH3 is 2. The molecule has 0 spiro atoms. The number of fused-ring (bicyclic) bond motifs is 1. The molecule has 0 aliphatic heterocycles. The van der Waals surface area contributed by atoms with Gasteiger partial charge in [-0.1, -0.05) is 6.92 Å². The van der Waals surface area contributed by atoms with Gasteiger partial charge in [-0.2, -0.15) is 0 Å². The van der Waals surface area contributed by atoms with Gasteiger partial charge in [-0.3, -0.25) is 0 Å². The number of aromatic amines is 1. The van der Waals surface area contributed by atoms with Crippen molar-refractivity contribution in [2.24, 2.45) is 5.92 Å². The minimum absolute atomic E-state index is 0.518. The Kier molecular flexibility index (Phi) is 2.59. The topological polar surface area (TPSA) is 39.2 Å². The van der Waals surface area contributed by atoms with Gasteiger partial charge in [-0.25, -0.2) is 0 Å². The molecule has 1 aliphatic rings. The smallest absolute Gasteiger partial charge is 0.178 e. The van der Waals surface area contributed by atoms with E-state index >= 15 is 0 Å². The standard InChI is InChI=1S/C13H16N2O2S/c1-7-4-9(7)15-10-6-12(17-3)11(16-2)5-8(10)14-13(15)18/h5-7,9H,4H2,1-3H3,(H,14,18). The Morgan fingerprint density at radius 3 is 2.44 bits per heavy atom. The van der Waals surface area contributed by atoms with Gasteiger partial charge < -0.3 is 19.0 Å². The van der Waals surface area contributed by atoms with Gasteiger partial charge in [0.05, 0.1) is 25.3 Å². The van der Waals surface area contributed by atoms with Gasteiger partial charge in [0.25, 0.3) is 0 Å². The molecular weight excluding hydrogens is 248 g/mol. The third kappa shape index (κ3) is 1.61. The Bertz CT molecular complexity index is 659. The van der Waals surface area contributed by atoms with Crippen molar-refractivity contribution in [3.8, 4) is 11.5 Å². The Hall–Kier alpha value is -1.49. The van der Waals surface area contributed by atoms with E-state index in [1.165, 1.54) is 6.42 Å². The number of aromatic nitrogens is 2. The van der Waals surface area contributed by atoms with E-state index < -0.39 is 0 Å². The van der Waals surface area contributed by atoms with Gasteiger partial charge in [-0.15, -0.1) is 0 Å². The van der Waals surface area contributed by atoms with Crippen LogP contribution in [-0.4, -0.2) is 23.8 Å². The summed E-state index contributed by atoms with van der Waals surface area (Å²) >= 11 is 5.41. The maximum Gasteiger partial charge on any atom is 0.178 e. The van der Waals surface area contributed by atoms with E-state index in [0.29, 0.717) is 12.0 Å². The lowest BCUT2D eigenvalue weighted by molar-refractivity contribution is 0.355. The van der Waals surface area contributed by atoms with Crippen molar-refractivity contribution in [2.45, 2.75) is 19.4 Å². The fourth-order valence-corrected chi connectivity index (χ4v) is 2.79. The monoisotopic (exact) mass is 264 g/mol. The van der Waals surface area contributed by atoms with Crippen LogP contribution in [0.15, 0.2) is 12.1 Å². The first kappa shape index (κ1) is 11.6. The van der Waals surface area contributed by atoms with Crippen LogP contribution in [0, 0.1) is 10.7 Å². The van der Waals surface area contributed by atoms with Crippen LogP contribution in [0.3, 0.4) is 0 Å². The number of H-pyrrole nitrogens is 1. The number of hydrogen-bond donors (Lipinski definition) is 1. The lowest BCUT2D eigenvalue weighted by atomic mass is 10.2. The van der Waals surface area contributed by atoms with E-state index in [2.05, 4.69) is 16.5 Å². The Morgan fingerprint density at radius 2 is 1.89 bits per heavy atom. The van der Waals surface area contributed by atoms with Crippen molar-refractivity contribution in [1.29, 1.82) is 0 Å². The Morgan fingerprint density at radius 1 is 1.28 bits per heavy atom. The van der Waals surface area contributed by atoms with E-state index in [0.717, 1.165) is 27.3 Å². The molecule has 4 nitrogen and oxygen atoms in total. The SMILES string of the molecule is COc1cc2[nH]c(=S)n(C3CC3C)c2cc1OC. The highest BCUT2D eigenvalue weighted by Gasteiger charge is 2.36. The van der Waals surface area contributed by atoms with E-state index in [4.69, 9.17) is 21.7 Å². The van der Waals surface area contributed by atoms with Crippen LogP contribution in [0.5, 0.6) is 11.5 Å². The van der Waals surface area contributed by atoms with Crippen LogP contribution >= 0.6 is 12.2 Å². The van der Waals surface area contributed by atoms with Gasteiger partial charge in [0.1, 0.15) is 0 Å². The predicted molar refractivity (Wildman–Crippen MR) is 73.0 cm³/mol. The molecular formula is C13H16N2O2S. The fraction of sp³-hybridized carbons (Fsp3) is 0.462. The number of benzene rings is 1. The van der Waals surface area contributed by atoms with Crippen LogP contribution in [-0.2, 0) is 0 Å². The van der Waals surface area contributed by atoms with Gasteiger partial charge in [-0.05, 0) is 24.6 Å². The van der Waals surface area contributed by atoms with E-state index in [9.17, 15) is 0 Å². The van der Waals surface area contributed by atoms with Gasteiger partial charge in [0, 0.05) is 18.2 Å². The summed E-state index contributed by atoms with van der Waals surface area (Å²) in [5.74, 6) is 2.15. The molecule has 18 heavy (non-hydrogen) atoms.